The number of hydrogen-bond acceptors (Lipinski definition) is 2. The van der Waals surface area contributed by atoms with E-state index in [-0.39, 0.29) is 0 Å². The molecule has 0 rings (SSSR count). The van der Waals surface area contributed by atoms with Crippen molar-refractivity contribution in [1.29, 1.82) is 0 Å². The second-order valence-electron chi connectivity index (χ2n) is 4.00. The summed E-state index contributed by atoms with van der Waals surface area (Å²) in [6.07, 6.45) is 12.4. The number of nitrogens with two attached hydrogens (primary N) is 1. The third-order valence-electron chi connectivity index (χ3n) is 2.49. The molecule has 0 bridgehead atoms. The van der Waals surface area contributed by atoms with Gasteiger partial charge < -0.3 is 5.73 Å². The van der Waals surface area contributed by atoms with E-state index in [0.717, 1.165) is 5.75 Å². The minimum atomic E-state index is 0.592. The van der Waals surface area contributed by atoms with Gasteiger partial charge in [0.1, 0.15) is 4.32 Å². The average Bonchev–Trinajstić information content (AvgIpc) is 2.20. The van der Waals surface area contributed by atoms with Gasteiger partial charge in [0.05, 0.1) is 0 Å². The lowest BCUT2D eigenvalue weighted by Gasteiger charge is -2.01. The Morgan fingerprint density at radius 2 is 1.40 bits per heavy atom. The monoisotopic (exact) mass is 247 g/mol. The summed E-state index contributed by atoms with van der Waals surface area (Å²) in [5, 5.41) is 0. The van der Waals surface area contributed by atoms with Crippen LogP contribution in [0.4, 0.5) is 0 Å². The van der Waals surface area contributed by atoms with E-state index in [0.29, 0.717) is 4.32 Å². The molecule has 0 heterocycles. The number of unbranched alkanes of at least 4 members (excludes halogenated alkanes) is 8. The fourth-order valence-corrected chi connectivity index (χ4v) is 2.39. The summed E-state index contributed by atoms with van der Waals surface area (Å²) in [7, 11) is 0. The molecule has 0 saturated heterocycles. The van der Waals surface area contributed by atoms with Gasteiger partial charge in [0.15, 0.2) is 0 Å². The van der Waals surface area contributed by atoms with Crippen LogP contribution in [0, 0.1) is 0 Å². The van der Waals surface area contributed by atoms with Gasteiger partial charge in [-0.15, -0.1) is 0 Å². The zero-order valence-electron chi connectivity index (χ0n) is 9.96. The van der Waals surface area contributed by atoms with Crippen LogP contribution in [-0.2, 0) is 0 Å². The summed E-state index contributed by atoms with van der Waals surface area (Å²) in [4.78, 5) is 0. The molecule has 2 N–H and O–H groups in total. The maximum Gasteiger partial charge on any atom is 0.131 e. The van der Waals surface area contributed by atoms with Crippen molar-refractivity contribution in [2.45, 2.75) is 64.7 Å². The van der Waals surface area contributed by atoms with Gasteiger partial charge in [-0.25, -0.2) is 0 Å². The molecule has 0 aliphatic carbocycles. The van der Waals surface area contributed by atoms with Crippen LogP contribution in [0.5, 0.6) is 0 Å². The maximum absolute atomic E-state index is 5.40. The van der Waals surface area contributed by atoms with E-state index in [9.17, 15) is 0 Å². The Morgan fingerprint density at radius 3 is 1.87 bits per heavy atom. The van der Waals surface area contributed by atoms with E-state index < -0.39 is 0 Å². The van der Waals surface area contributed by atoms with E-state index in [1.165, 1.54) is 57.8 Å². The number of thioether (sulfide) groups is 1. The molecule has 0 aromatic rings. The van der Waals surface area contributed by atoms with E-state index >= 15 is 0 Å². The third kappa shape index (κ3) is 14.2. The molecule has 90 valence electrons. The smallest absolute Gasteiger partial charge is 0.131 e. The van der Waals surface area contributed by atoms with Crippen LogP contribution in [0.1, 0.15) is 64.7 Å². The second-order valence-corrected chi connectivity index (χ2v) is 5.83. The zero-order chi connectivity index (χ0) is 11.4. The highest BCUT2D eigenvalue weighted by molar-refractivity contribution is 8.22. The predicted octanol–water partition coefficient (Wildman–Crippen LogP) is 4.49. The molecule has 0 unspecified atom stereocenters. The van der Waals surface area contributed by atoms with Gasteiger partial charge in [0.2, 0.25) is 0 Å². The zero-order valence-corrected chi connectivity index (χ0v) is 11.6. The topological polar surface area (TPSA) is 26.0 Å². The summed E-state index contributed by atoms with van der Waals surface area (Å²) < 4.78 is 0.592. The summed E-state index contributed by atoms with van der Waals surface area (Å²) in [5.74, 6) is 1.10. The van der Waals surface area contributed by atoms with Crippen molar-refractivity contribution in [2.75, 3.05) is 5.75 Å². The van der Waals surface area contributed by atoms with E-state index in [4.69, 9.17) is 18.0 Å². The van der Waals surface area contributed by atoms with Gasteiger partial charge in [-0.3, -0.25) is 0 Å². The van der Waals surface area contributed by atoms with Crippen LogP contribution >= 0.6 is 24.0 Å². The Kier molecular flexibility index (Phi) is 12.5. The molecule has 0 aromatic heterocycles. The Labute approximate surface area is 105 Å². The van der Waals surface area contributed by atoms with E-state index in [1.807, 2.05) is 0 Å². The highest BCUT2D eigenvalue weighted by atomic mass is 32.2. The van der Waals surface area contributed by atoms with Crippen LogP contribution in [0.15, 0.2) is 0 Å². The van der Waals surface area contributed by atoms with Crippen LogP contribution in [0.3, 0.4) is 0 Å². The molecular formula is C12H25NS2. The molecule has 0 atom stereocenters. The minimum Gasteiger partial charge on any atom is -0.385 e. The predicted molar refractivity (Wildman–Crippen MR) is 76.5 cm³/mol. The highest BCUT2D eigenvalue weighted by Crippen LogP contribution is 2.11. The molecule has 0 amide bonds. The number of rotatable bonds is 10. The van der Waals surface area contributed by atoms with Crippen LogP contribution in [-0.4, -0.2) is 10.1 Å². The molecular weight excluding hydrogens is 222 g/mol. The Hall–Kier alpha value is 0.240. The van der Waals surface area contributed by atoms with Crippen molar-refractivity contribution in [3.63, 3.8) is 0 Å². The minimum absolute atomic E-state index is 0.592. The van der Waals surface area contributed by atoms with Crippen LogP contribution in [0.2, 0.25) is 0 Å². The number of hydrogen-bond donors (Lipinski definition) is 1. The molecule has 15 heavy (non-hydrogen) atoms. The fourth-order valence-electron chi connectivity index (χ4n) is 1.59. The summed E-state index contributed by atoms with van der Waals surface area (Å²) >= 11 is 6.41. The standard InChI is InChI=1S/C12H25NS2/c1-2-3-4-5-6-7-8-9-10-11-15-12(13)14/h2-11H2,1H3,(H2,13,14). The van der Waals surface area contributed by atoms with Crippen LogP contribution in [0.25, 0.3) is 0 Å². The van der Waals surface area contributed by atoms with Crippen molar-refractivity contribution >= 4 is 28.3 Å². The largest absolute Gasteiger partial charge is 0.385 e. The highest BCUT2D eigenvalue weighted by Gasteiger charge is 1.93. The van der Waals surface area contributed by atoms with E-state index in [1.54, 1.807) is 11.8 Å². The van der Waals surface area contributed by atoms with Crippen molar-refractivity contribution in [2.24, 2.45) is 5.73 Å². The lowest BCUT2D eigenvalue weighted by molar-refractivity contribution is 0.573. The molecule has 0 spiro atoms. The summed E-state index contributed by atoms with van der Waals surface area (Å²) in [6, 6.07) is 0. The maximum atomic E-state index is 5.40. The normalized spacial score (nSPS) is 10.5. The first-order chi connectivity index (χ1) is 7.27. The molecule has 0 aliphatic rings. The number of thiocarbonyl (C=S) groups is 1. The molecule has 1 nitrogen and oxygen atoms in total. The van der Waals surface area contributed by atoms with Gasteiger partial charge in [-0.1, -0.05) is 82.3 Å². The third-order valence-corrected chi connectivity index (χ3v) is 3.62. The molecule has 0 aromatic carbocycles. The van der Waals surface area contributed by atoms with Gasteiger partial charge in [0, 0.05) is 5.75 Å². The molecule has 0 saturated carbocycles. The summed E-state index contributed by atoms with van der Waals surface area (Å²) in [5.41, 5.74) is 5.40. The first kappa shape index (κ1) is 15.2. The first-order valence-electron chi connectivity index (χ1n) is 6.19. The lowest BCUT2D eigenvalue weighted by Crippen LogP contribution is -2.02. The average molecular weight is 247 g/mol. The molecule has 0 fully saturated rings. The van der Waals surface area contributed by atoms with Crippen molar-refractivity contribution < 1.29 is 0 Å². The fraction of sp³-hybridized carbons (Fsp3) is 0.917. The van der Waals surface area contributed by atoms with Gasteiger partial charge in [-0.05, 0) is 6.42 Å². The van der Waals surface area contributed by atoms with Crippen molar-refractivity contribution in [1.82, 2.24) is 0 Å². The molecule has 0 aliphatic heterocycles. The Morgan fingerprint density at radius 1 is 0.933 bits per heavy atom. The molecule has 0 radical (unpaired) electrons. The van der Waals surface area contributed by atoms with Crippen LogP contribution < -0.4 is 5.73 Å². The SMILES string of the molecule is CCCCCCCCCCCSC(N)=S. The second kappa shape index (κ2) is 12.3. The first-order valence-corrected chi connectivity index (χ1v) is 7.59. The van der Waals surface area contributed by atoms with Crippen molar-refractivity contribution in [3.8, 4) is 0 Å². The van der Waals surface area contributed by atoms with Gasteiger partial charge in [-0.2, -0.15) is 0 Å². The van der Waals surface area contributed by atoms with Gasteiger partial charge in [0.25, 0.3) is 0 Å². The lowest BCUT2D eigenvalue weighted by atomic mass is 10.1. The van der Waals surface area contributed by atoms with Gasteiger partial charge >= 0.3 is 0 Å². The Balaban J connectivity index is 2.89. The van der Waals surface area contributed by atoms with E-state index in [2.05, 4.69) is 6.92 Å². The van der Waals surface area contributed by atoms with Crippen molar-refractivity contribution in [3.05, 3.63) is 0 Å². The Bertz CT molecular complexity index is 149. The molecule has 3 heteroatoms. The summed E-state index contributed by atoms with van der Waals surface area (Å²) in [6.45, 7) is 2.26. The quantitative estimate of drug-likeness (QED) is 0.455.